The van der Waals surface area contributed by atoms with Gasteiger partial charge in [0.05, 0.1) is 24.2 Å². The van der Waals surface area contributed by atoms with E-state index in [0.29, 0.717) is 5.57 Å². The van der Waals surface area contributed by atoms with E-state index in [4.69, 9.17) is 9.47 Å². The monoisotopic (exact) mass is 445 g/mol. The summed E-state index contributed by atoms with van der Waals surface area (Å²) in [5, 5.41) is 10.2. The highest BCUT2D eigenvalue weighted by molar-refractivity contribution is 5.81. The normalized spacial score (nSPS) is 12.9. The van der Waals surface area contributed by atoms with Gasteiger partial charge in [0.1, 0.15) is 12.0 Å². The van der Waals surface area contributed by atoms with Crippen LogP contribution in [0, 0.1) is 11.3 Å². The predicted octanol–water partition coefficient (Wildman–Crippen LogP) is 7.26. The first kappa shape index (κ1) is 25.9. The SMILES string of the molecule is C=CC(=O)OC=C(C#N)C(CCCCCCCCC)(c1ccccc1)c1ccc(OC)cc1. The van der Waals surface area contributed by atoms with Crippen molar-refractivity contribution in [3.05, 3.63) is 90.2 Å². The smallest absolute Gasteiger partial charge is 0.334 e. The summed E-state index contributed by atoms with van der Waals surface area (Å²) in [5.41, 5.74) is 1.60. The largest absolute Gasteiger partial charge is 0.497 e. The Balaban J connectivity index is 2.50. The Kier molecular flexibility index (Phi) is 11.0. The van der Waals surface area contributed by atoms with Crippen molar-refractivity contribution in [2.24, 2.45) is 0 Å². The molecule has 0 radical (unpaired) electrons. The topological polar surface area (TPSA) is 59.3 Å². The lowest BCUT2D eigenvalue weighted by Crippen LogP contribution is -2.30. The molecule has 1 atom stereocenters. The molecule has 0 amide bonds. The summed E-state index contributed by atoms with van der Waals surface area (Å²) in [4.78, 5) is 11.8. The maximum atomic E-state index is 11.8. The fourth-order valence-electron chi connectivity index (χ4n) is 4.23. The number of allylic oxidation sites excluding steroid dienone is 1. The Morgan fingerprint density at radius 1 is 0.970 bits per heavy atom. The molecule has 33 heavy (non-hydrogen) atoms. The summed E-state index contributed by atoms with van der Waals surface area (Å²) in [7, 11) is 1.63. The van der Waals surface area contributed by atoms with Crippen molar-refractivity contribution in [3.8, 4) is 11.8 Å². The quantitative estimate of drug-likeness (QED) is 0.101. The minimum absolute atomic E-state index is 0.389. The highest BCUT2D eigenvalue weighted by Crippen LogP contribution is 2.44. The van der Waals surface area contributed by atoms with Crippen molar-refractivity contribution < 1.29 is 14.3 Å². The fraction of sp³-hybridized carbons (Fsp3) is 0.379. The average molecular weight is 446 g/mol. The summed E-state index contributed by atoms with van der Waals surface area (Å²) >= 11 is 0. The molecule has 0 heterocycles. The Labute approximate surface area is 198 Å². The molecule has 0 N–H and O–H groups in total. The molecular weight excluding hydrogens is 410 g/mol. The number of carbonyl (C=O) groups excluding carboxylic acids is 1. The van der Waals surface area contributed by atoms with Crippen molar-refractivity contribution >= 4 is 5.97 Å². The number of esters is 1. The molecule has 0 bridgehead atoms. The maximum Gasteiger partial charge on any atom is 0.334 e. The Hall–Kier alpha value is -3.32. The Morgan fingerprint density at radius 2 is 1.58 bits per heavy atom. The number of nitrogens with zero attached hydrogens (tertiary/aromatic N) is 1. The van der Waals surface area contributed by atoms with Crippen LogP contribution in [-0.4, -0.2) is 13.1 Å². The number of ether oxygens (including phenoxy) is 2. The van der Waals surface area contributed by atoms with E-state index in [2.05, 4.69) is 19.6 Å². The van der Waals surface area contributed by atoms with E-state index < -0.39 is 11.4 Å². The molecule has 0 spiro atoms. The van der Waals surface area contributed by atoms with Gasteiger partial charge in [-0.1, -0.05) is 101 Å². The molecule has 0 aliphatic heterocycles. The van der Waals surface area contributed by atoms with Crippen molar-refractivity contribution in [2.45, 2.75) is 63.7 Å². The maximum absolute atomic E-state index is 11.8. The van der Waals surface area contributed by atoms with E-state index in [1.807, 2.05) is 54.6 Å². The second-order valence-corrected chi connectivity index (χ2v) is 8.16. The fourth-order valence-corrected chi connectivity index (χ4v) is 4.23. The molecule has 2 aromatic carbocycles. The number of carbonyl (C=O) groups is 1. The van der Waals surface area contributed by atoms with Gasteiger partial charge >= 0.3 is 5.97 Å². The molecule has 1 unspecified atom stereocenters. The Bertz CT molecular complexity index is 941. The van der Waals surface area contributed by atoms with Crippen LogP contribution in [0.3, 0.4) is 0 Å². The van der Waals surface area contributed by atoms with Crippen LogP contribution in [0.5, 0.6) is 5.75 Å². The van der Waals surface area contributed by atoms with Gasteiger partial charge in [0.15, 0.2) is 0 Å². The van der Waals surface area contributed by atoms with Crippen LogP contribution >= 0.6 is 0 Å². The first-order chi connectivity index (χ1) is 16.1. The zero-order chi connectivity index (χ0) is 23.9. The van der Waals surface area contributed by atoms with Gasteiger partial charge in [0.2, 0.25) is 0 Å². The van der Waals surface area contributed by atoms with Crippen molar-refractivity contribution in [3.63, 3.8) is 0 Å². The molecule has 2 aromatic rings. The van der Waals surface area contributed by atoms with Crippen molar-refractivity contribution in [2.75, 3.05) is 7.11 Å². The Morgan fingerprint density at radius 3 is 2.15 bits per heavy atom. The van der Waals surface area contributed by atoms with Gasteiger partial charge in [-0.05, 0) is 29.7 Å². The summed E-state index contributed by atoms with van der Waals surface area (Å²) < 4.78 is 10.6. The van der Waals surface area contributed by atoms with E-state index >= 15 is 0 Å². The van der Waals surface area contributed by atoms with Gasteiger partial charge in [0, 0.05) is 6.08 Å². The van der Waals surface area contributed by atoms with Crippen LogP contribution in [0.1, 0.15) is 69.4 Å². The van der Waals surface area contributed by atoms with E-state index in [9.17, 15) is 10.1 Å². The lowest BCUT2D eigenvalue weighted by molar-refractivity contribution is -0.132. The van der Waals surface area contributed by atoms with Crippen LogP contribution in [0.25, 0.3) is 0 Å². The number of hydrogen-bond acceptors (Lipinski definition) is 4. The van der Waals surface area contributed by atoms with Gasteiger partial charge in [-0.25, -0.2) is 4.79 Å². The van der Waals surface area contributed by atoms with Crippen LogP contribution in [-0.2, 0) is 14.9 Å². The van der Waals surface area contributed by atoms with Gasteiger partial charge < -0.3 is 9.47 Å². The van der Waals surface area contributed by atoms with Crippen LogP contribution in [0.15, 0.2) is 79.1 Å². The van der Waals surface area contributed by atoms with Crippen molar-refractivity contribution in [1.82, 2.24) is 0 Å². The third-order valence-electron chi connectivity index (χ3n) is 6.04. The lowest BCUT2D eigenvalue weighted by atomic mass is 9.66. The second kappa shape index (κ2) is 14.0. The molecule has 0 saturated carbocycles. The summed E-state index contributed by atoms with van der Waals surface area (Å²) in [5.74, 6) is 0.160. The molecular formula is C29H35NO3. The highest BCUT2D eigenvalue weighted by atomic mass is 16.5. The number of nitriles is 1. The molecule has 0 aliphatic carbocycles. The van der Waals surface area contributed by atoms with E-state index in [1.165, 1.54) is 38.4 Å². The zero-order valence-corrected chi connectivity index (χ0v) is 19.9. The molecule has 2 rings (SSSR count). The van der Waals surface area contributed by atoms with E-state index in [-0.39, 0.29) is 0 Å². The molecule has 4 nitrogen and oxygen atoms in total. The van der Waals surface area contributed by atoms with Gasteiger partial charge in [-0.15, -0.1) is 0 Å². The molecule has 0 aliphatic rings. The lowest BCUT2D eigenvalue weighted by Gasteiger charge is -2.35. The van der Waals surface area contributed by atoms with Gasteiger partial charge in [-0.2, -0.15) is 5.26 Å². The molecule has 0 saturated heterocycles. The number of unbranched alkanes of at least 4 members (excludes halogenated alkanes) is 6. The standard InChI is InChI=1S/C29H35NO3/c1-4-6-7-8-9-10-14-21-29(24-15-12-11-13-16-24,25-17-19-27(32-3)20-18-25)26(22-30)23-33-28(31)5-2/h5,11-13,15-20,23H,2,4,6-10,14,21H2,1,3H3. The van der Waals surface area contributed by atoms with Crippen molar-refractivity contribution in [1.29, 1.82) is 5.26 Å². The summed E-state index contributed by atoms with van der Waals surface area (Å²) in [6.45, 7) is 5.67. The molecule has 0 fully saturated rings. The number of benzene rings is 2. The van der Waals surface area contributed by atoms with Crippen LogP contribution in [0.4, 0.5) is 0 Å². The number of methoxy groups -OCH3 is 1. The van der Waals surface area contributed by atoms with Crippen LogP contribution < -0.4 is 4.74 Å². The minimum atomic E-state index is -0.743. The third-order valence-corrected chi connectivity index (χ3v) is 6.04. The van der Waals surface area contributed by atoms with E-state index in [0.717, 1.165) is 42.2 Å². The summed E-state index contributed by atoms with van der Waals surface area (Å²) in [6.07, 6.45) is 11.3. The van der Waals surface area contributed by atoms with E-state index in [1.54, 1.807) is 7.11 Å². The minimum Gasteiger partial charge on any atom is -0.497 e. The summed E-state index contributed by atoms with van der Waals surface area (Å²) in [6, 6.07) is 20.1. The highest BCUT2D eigenvalue weighted by Gasteiger charge is 2.38. The molecule has 0 aromatic heterocycles. The molecule has 174 valence electrons. The third kappa shape index (κ3) is 7.08. The number of rotatable bonds is 14. The first-order valence-electron chi connectivity index (χ1n) is 11.8. The average Bonchev–Trinajstić information content (AvgIpc) is 2.87. The zero-order valence-electron chi connectivity index (χ0n) is 19.9. The first-order valence-corrected chi connectivity index (χ1v) is 11.8. The van der Waals surface area contributed by atoms with Crippen LogP contribution in [0.2, 0.25) is 0 Å². The molecule has 4 heteroatoms. The second-order valence-electron chi connectivity index (χ2n) is 8.16. The van der Waals surface area contributed by atoms with Gasteiger partial charge in [0.25, 0.3) is 0 Å². The van der Waals surface area contributed by atoms with Gasteiger partial charge in [-0.3, -0.25) is 0 Å². The number of hydrogen-bond donors (Lipinski definition) is 0. The predicted molar refractivity (Wildman–Crippen MR) is 133 cm³/mol.